The molecule has 1 aliphatic rings. The first-order chi connectivity index (χ1) is 8.45. The fourth-order valence-electron chi connectivity index (χ4n) is 2.49. The van der Waals surface area contributed by atoms with Crippen molar-refractivity contribution in [2.24, 2.45) is 5.41 Å². The van der Waals surface area contributed by atoms with Gasteiger partial charge >= 0.3 is 0 Å². The summed E-state index contributed by atoms with van der Waals surface area (Å²) in [5.74, 6) is 0.430. The monoisotopic (exact) mass is 251 g/mol. The van der Waals surface area contributed by atoms with Gasteiger partial charge in [-0.15, -0.1) is 0 Å². The van der Waals surface area contributed by atoms with Gasteiger partial charge in [0.25, 0.3) is 0 Å². The van der Waals surface area contributed by atoms with Crippen molar-refractivity contribution in [1.82, 2.24) is 5.32 Å². The number of hydrogen-bond donors (Lipinski definition) is 1. The Hall–Kier alpha value is -1.09. The molecule has 1 aromatic carbocycles. The lowest BCUT2D eigenvalue weighted by Crippen LogP contribution is -2.62. The SMILES string of the molecule is CCNC1CC(Oc2ccc(C)c(F)c2)C1(C)C. The van der Waals surface area contributed by atoms with E-state index in [1.54, 1.807) is 13.0 Å². The smallest absolute Gasteiger partial charge is 0.129 e. The molecule has 0 aromatic heterocycles. The first kappa shape index (κ1) is 13.3. The molecule has 2 nitrogen and oxygen atoms in total. The van der Waals surface area contributed by atoms with Gasteiger partial charge in [0.15, 0.2) is 0 Å². The van der Waals surface area contributed by atoms with E-state index in [4.69, 9.17) is 4.74 Å². The van der Waals surface area contributed by atoms with Crippen molar-refractivity contribution in [3.8, 4) is 5.75 Å². The van der Waals surface area contributed by atoms with Gasteiger partial charge in [0.1, 0.15) is 17.7 Å². The van der Waals surface area contributed by atoms with Crippen LogP contribution in [0.4, 0.5) is 4.39 Å². The maximum Gasteiger partial charge on any atom is 0.129 e. The minimum atomic E-state index is -0.201. The fourth-order valence-corrected chi connectivity index (χ4v) is 2.49. The summed E-state index contributed by atoms with van der Waals surface area (Å²) in [7, 11) is 0. The molecule has 18 heavy (non-hydrogen) atoms. The minimum absolute atomic E-state index is 0.0946. The number of ether oxygens (including phenoxy) is 1. The largest absolute Gasteiger partial charge is 0.490 e. The molecule has 0 bridgehead atoms. The highest BCUT2D eigenvalue weighted by molar-refractivity contribution is 5.28. The van der Waals surface area contributed by atoms with E-state index in [9.17, 15) is 4.39 Å². The first-order valence-electron chi connectivity index (χ1n) is 6.61. The zero-order valence-electron chi connectivity index (χ0n) is 11.6. The van der Waals surface area contributed by atoms with E-state index in [-0.39, 0.29) is 17.3 Å². The molecule has 2 atom stereocenters. The molecule has 0 saturated heterocycles. The Morgan fingerprint density at radius 2 is 2.17 bits per heavy atom. The Balaban J connectivity index is 2.01. The molecule has 100 valence electrons. The van der Waals surface area contributed by atoms with Crippen molar-refractivity contribution in [1.29, 1.82) is 0 Å². The molecular formula is C15H22FNO. The molecule has 1 saturated carbocycles. The Labute approximate surface area is 109 Å². The van der Waals surface area contributed by atoms with E-state index >= 15 is 0 Å². The van der Waals surface area contributed by atoms with Crippen molar-refractivity contribution < 1.29 is 9.13 Å². The highest BCUT2D eigenvalue weighted by Crippen LogP contribution is 2.43. The van der Waals surface area contributed by atoms with Crippen LogP contribution in [0.25, 0.3) is 0 Å². The molecular weight excluding hydrogens is 229 g/mol. The molecule has 1 aromatic rings. The zero-order valence-corrected chi connectivity index (χ0v) is 11.6. The van der Waals surface area contributed by atoms with Crippen LogP contribution in [-0.2, 0) is 0 Å². The molecule has 1 N–H and O–H groups in total. The first-order valence-corrected chi connectivity index (χ1v) is 6.61. The molecule has 2 rings (SSSR count). The summed E-state index contributed by atoms with van der Waals surface area (Å²) in [6.45, 7) is 9.23. The Morgan fingerprint density at radius 3 is 2.72 bits per heavy atom. The van der Waals surface area contributed by atoms with Gasteiger partial charge in [-0.25, -0.2) is 4.39 Å². The number of nitrogens with one attached hydrogen (secondary N) is 1. The second-order valence-electron chi connectivity index (χ2n) is 5.68. The van der Waals surface area contributed by atoms with E-state index < -0.39 is 0 Å². The number of halogens is 1. The minimum Gasteiger partial charge on any atom is -0.490 e. The third-order valence-corrected chi connectivity index (χ3v) is 4.05. The van der Waals surface area contributed by atoms with Crippen molar-refractivity contribution >= 4 is 0 Å². The lowest BCUT2D eigenvalue weighted by atomic mass is 9.64. The maximum atomic E-state index is 13.4. The molecule has 0 amide bonds. The van der Waals surface area contributed by atoms with Crippen LogP contribution in [0.15, 0.2) is 18.2 Å². The molecule has 0 radical (unpaired) electrons. The highest BCUT2D eigenvalue weighted by Gasteiger charge is 2.49. The van der Waals surface area contributed by atoms with Gasteiger partial charge in [0, 0.05) is 23.9 Å². The predicted molar refractivity (Wildman–Crippen MR) is 71.4 cm³/mol. The van der Waals surface area contributed by atoms with Crippen LogP contribution in [-0.4, -0.2) is 18.7 Å². The Kier molecular flexibility index (Phi) is 3.62. The van der Waals surface area contributed by atoms with Crippen LogP contribution in [0.3, 0.4) is 0 Å². The number of hydrogen-bond acceptors (Lipinski definition) is 2. The van der Waals surface area contributed by atoms with Crippen LogP contribution in [0.1, 0.15) is 32.8 Å². The molecule has 1 aliphatic carbocycles. The topological polar surface area (TPSA) is 21.3 Å². The van der Waals surface area contributed by atoms with Crippen LogP contribution < -0.4 is 10.1 Å². The zero-order chi connectivity index (χ0) is 13.3. The van der Waals surface area contributed by atoms with Gasteiger partial charge < -0.3 is 10.1 Å². The average Bonchev–Trinajstić information content (AvgIpc) is 2.32. The third kappa shape index (κ3) is 2.37. The van der Waals surface area contributed by atoms with Gasteiger partial charge in [0.2, 0.25) is 0 Å². The lowest BCUT2D eigenvalue weighted by Gasteiger charge is -2.51. The molecule has 0 heterocycles. The van der Waals surface area contributed by atoms with E-state index in [1.165, 1.54) is 6.07 Å². The summed E-state index contributed by atoms with van der Waals surface area (Å²) in [4.78, 5) is 0. The highest BCUT2D eigenvalue weighted by atomic mass is 19.1. The van der Waals surface area contributed by atoms with Gasteiger partial charge in [0.05, 0.1) is 0 Å². The Morgan fingerprint density at radius 1 is 1.44 bits per heavy atom. The van der Waals surface area contributed by atoms with E-state index in [1.807, 2.05) is 6.07 Å². The average molecular weight is 251 g/mol. The van der Waals surface area contributed by atoms with Crippen molar-refractivity contribution in [3.05, 3.63) is 29.6 Å². The normalized spacial score (nSPS) is 25.6. The van der Waals surface area contributed by atoms with Gasteiger partial charge in [-0.05, 0) is 25.1 Å². The lowest BCUT2D eigenvalue weighted by molar-refractivity contribution is -0.0542. The van der Waals surface area contributed by atoms with E-state index in [0.717, 1.165) is 13.0 Å². The van der Waals surface area contributed by atoms with Crippen LogP contribution in [0.5, 0.6) is 5.75 Å². The van der Waals surface area contributed by atoms with Crippen molar-refractivity contribution in [2.45, 2.75) is 46.3 Å². The summed E-state index contributed by atoms with van der Waals surface area (Å²) in [5, 5.41) is 3.45. The summed E-state index contributed by atoms with van der Waals surface area (Å²) < 4.78 is 19.3. The second kappa shape index (κ2) is 4.88. The predicted octanol–water partition coefficient (Wildman–Crippen LogP) is 3.29. The molecule has 0 aliphatic heterocycles. The molecule has 0 spiro atoms. The summed E-state index contributed by atoms with van der Waals surface area (Å²) in [6.07, 6.45) is 1.14. The quantitative estimate of drug-likeness (QED) is 0.886. The van der Waals surface area contributed by atoms with Crippen LogP contribution in [0, 0.1) is 18.2 Å². The summed E-state index contributed by atoms with van der Waals surface area (Å²) >= 11 is 0. The van der Waals surface area contributed by atoms with Crippen LogP contribution >= 0.6 is 0 Å². The summed E-state index contributed by atoms with van der Waals surface area (Å²) in [6, 6.07) is 5.57. The summed E-state index contributed by atoms with van der Waals surface area (Å²) in [5.41, 5.74) is 0.748. The third-order valence-electron chi connectivity index (χ3n) is 4.05. The molecule has 3 heteroatoms. The van der Waals surface area contributed by atoms with Gasteiger partial charge in [-0.3, -0.25) is 0 Å². The van der Waals surface area contributed by atoms with Crippen molar-refractivity contribution in [2.75, 3.05) is 6.54 Å². The fraction of sp³-hybridized carbons (Fsp3) is 0.600. The van der Waals surface area contributed by atoms with Crippen LogP contribution in [0.2, 0.25) is 0 Å². The number of aryl methyl sites for hydroxylation is 1. The van der Waals surface area contributed by atoms with E-state index in [2.05, 4.69) is 26.1 Å². The number of benzene rings is 1. The maximum absolute atomic E-state index is 13.4. The van der Waals surface area contributed by atoms with E-state index in [0.29, 0.717) is 17.4 Å². The Bertz CT molecular complexity index is 431. The number of rotatable bonds is 4. The van der Waals surface area contributed by atoms with Crippen molar-refractivity contribution in [3.63, 3.8) is 0 Å². The van der Waals surface area contributed by atoms with Gasteiger partial charge in [-0.1, -0.05) is 26.8 Å². The molecule has 1 fully saturated rings. The van der Waals surface area contributed by atoms with Gasteiger partial charge in [-0.2, -0.15) is 0 Å². The molecule has 2 unspecified atom stereocenters. The standard InChI is InChI=1S/C15H22FNO/c1-5-17-13-9-14(15(13,3)4)18-11-7-6-10(2)12(16)8-11/h6-8,13-14,17H,5,9H2,1-4H3. The second-order valence-corrected chi connectivity index (χ2v) is 5.68.